The van der Waals surface area contributed by atoms with E-state index < -0.39 is 11.7 Å². The fourth-order valence-electron chi connectivity index (χ4n) is 1.42. The van der Waals surface area contributed by atoms with Crippen LogP contribution in [0.15, 0.2) is 24.3 Å². The van der Waals surface area contributed by atoms with Crippen molar-refractivity contribution in [3.05, 3.63) is 67.0 Å². The fourth-order valence-corrected chi connectivity index (χ4v) is 1.42. The fraction of sp³-hybridized carbons (Fsp3) is 0.0833. The lowest BCUT2D eigenvalue weighted by atomic mass is 9.97. The molecule has 0 atom stereocenters. The normalized spacial score (nSPS) is 18.3. The first-order valence-corrected chi connectivity index (χ1v) is 4.47. The molecule has 0 amide bonds. The topological polar surface area (TPSA) is 0 Å². The summed E-state index contributed by atoms with van der Waals surface area (Å²) in [4.78, 5) is 0. The van der Waals surface area contributed by atoms with Gasteiger partial charge in [-0.3, -0.25) is 0 Å². The van der Waals surface area contributed by atoms with Gasteiger partial charge in [-0.15, -0.1) is 0 Å². The molecule has 0 saturated heterocycles. The molecule has 15 heavy (non-hydrogen) atoms. The molecule has 0 nitrogen and oxygen atoms in total. The first kappa shape index (κ1) is 10.5. The summed E-state index contributed by atoms with van der Waals surface area (Å²) >= 11 is 0. The van der Waals surface area contributed by atoms with E-state index >= 15 is 0 Å². The van der Waals surface area contributed by atoms with E-state index in [1.165, 1.54) is 12.1 Å². The molecule has 0 aliphatic heterocycles. The molecule has 0 N–H and O–H groups in total. The van der Waals surface area contributed by atoms with Crippen molar-refractivity contribution < 1.29 is 13.2 Å². The number of hydrogen-bond donors (Lipinski definition) is 0. The standard InChI is InChI=1S/C12H8F3/c13-12(14,15)11-7-5-10(6-8-11)9-3-1-2-4-9/h1-8H. The van der Waals surface area contributed by atoms with E-state index in [0.29, 0.717) is 0 Å². The van der Waals surface area contributed by atoms with E-state index in [2.05, 4.69) is 0 Å². The van der Waals surface area contributed by atoms with E-state index in [9.17, 15) is 13.2 Å². The van der Waals surface area contributed by atoms with Crippen LogP contribution in [0.3, 0.4) is 0 Å². The summed E-state index contributed by atoms with van der Waals surface area (Å²) in [5.41, 5.74) is 0.186. The van der Waals surface area contributed by atoms with Gasteiger partial charge in [-0.05, 0) is 43.4 Å². The zero-order valence-corrected chi connectivity index (χ0v) is 7.75. The van der Waals surface area contributed by atoms with Crippen LogP contribution in [0.25, 0.3) is 0 Å². The summed E-state index contributed by atoms with van der Waals surface area (Å²) in [7, 11) is 0. The highest BCUT2D eigenvalue weighted by atomic mass is 19.4. The molecule has 77 valence electrons. The van der Waals surface area contributed by atoms with E-state index in [-0.39, 0.29) is 0 Å². The third kappa shape index (κ3) is 2.33. The molecular weight excluding hydrogens is 201 g/mol. The highest BCUT2D eigenvalue weighted by molar-refractivity contribution is 5.50. The number of halogens is 3. The molecule has 0 unspecified atom stereocenters. The SMILES string of the molecule is FC(F)(F)c1ccc([C]2[CH][CH][CH][CH]2)cc1. The first-order valence-electron chi connectivity index (χ1n) is 4.47. The average Bonchev–Trinajstić information content (AvgIpc) is 2.69. The maximum atomic E-state index is 12.3. The van der Waals surface area contributed by atoms with Gasteiger partial charge in [0.05, 0.1) is 5.56 Å². The number of alkyl halides is 3. The molecule has 0 heterocycles. The lowest BCUT2D eigenvalue weighted by molar-refractivity contribution is -0.137. The molecule has 1 aromatic rings. The summed E-state index contributed by atoms with van der Waals surface area (Å²) in [6.07, 6.45) is 3.18. The van der Waals surface area contributed by atoms with Crippen molar-refractivity contribution >= 4 is 0 Å². The van der Waals surface area contributed by atoms with E-state index in [4.69, 9.17) is 0 Å². The van der Waals surface area contributed by atoms with Crippen LogP contribution in [0, 0.1) is 31.6 Å². The molecule has 2 rings (SSSR count). The van der Waals surface area contributed by atoms with Crippen LogP contribution in [0.4, 0.5) is 13.2 Å². The number of hydrogen-bond acceptors (Lipinski definition) is 0. The van der Waals surface area contributed by atoms with Crippen LogP contribution in [-0.2, 0) is 6.18 Å². The van der Waals surface area contributed by atoms with Gasteiger partial charge in [0, 0.05) is 5.92 Å². The summed E-state index contributed by atoms with van der Waals surface area (Å²) in [6.45, 7) is 0. The Morgan fingerprint density at radius 3 is 1.80 bits per heavy atom. The Morgan fingerprint density at radius 1 is 0.800 bits per heavy atom. The predicted molar refractivity (Wildman–Crippen MR) is 51.0 cm³/mol. The van der Waals surface area contributed by atoms with Gasteiger partial charge in [0.2, 0.25) is 0 Å². The average molecular weight is 209 g/mol. The molecule has 1 saturated carbocycles. The quantitative estimate of drug-likeness (QED) is 0.664. The lowest BCUT2D eigenvalue weighted by Gasteiger charge is -2.10. The molecule has 0 aromatic heterocycles. The van der Waals surface area contributed by atoms with Crippen molar-refractivity contribution in [2.75, 3.05) is 0 Å². The smallest absolute Gasteiger partial charge is 0.166 e. The molecule has 1 aromatic carbocycles. The highest BCUT2D eigenvalue weighted by Crippen LogP contribution is 2.33. The van der Waals surface area contributed by atoms with Gasteiger partial charge in [-0.1, -0.05) is 12.1 Å². The summed E-state index contributed by atoms with van der Waals surface area (Å²) < 4.78 is 36.8. The summed E-state index contributed by atoms with van der Waals surface area (Å²) in [5, 5.41) is 0. The second kappa shape index (κ2) is 3.87. The van der Waals surface area contributed by atoms with Crippen LogP contribution < -0.4 is 0 Å². The van der Waals surface area contributed by atoms with Crippen LogP contribution in [-0.4, -0.2) is 0 Å². The van der Waals surface area contributed by atoms with Crippen molar-refractivity contribution in [3.8, 4) is 0 Å². The molecule has 1 aliphatic rings. The monoisotopic (exact) mass is 209 g/mol. The van der Waals surface area contributed by atoms with Crippen LogP contribution in [0.5, 0.6) is 0 Å². The van der Waals surface area contributed by atoms with Crippen molar-refractivity contribution in [2.45, 2.75) is 6.18 Å². The number of benzene rings is 1. The Hall–Kier alpha value is -0.990. The first-order chi connectivity index (χ1) is 7.07. The van der Waals surface area contributed by atoms with Crippen molar-refractivity contribution in [2.24, 2.45) is 0 Å². The molecule has 3 heteroatoms. The third-order valence-corrected chi connectivity index (χ3v) is 2.21. The van der Waals surface area contributed by atoms with Crippen molar-refractivity contribution in [1.82, 2.24) is 0 Å². The molecule has 1 aliphatic carbocycles. The Bertz CT molecular complexity index is 318. The van der Waals surface area contributed by atoms with E-state index in [1.807, 2.05) is 25.7 Å². The Morgan fingerprint density at radius 2 is 1.33 bits per heavy atom. The van der Waals surface area contributed by atoms with Crippen molar-refractivity contribution in [3.63, 3.8) is 0 Å². The minimum Gasteiger partial charge on any atom is -0.166 e. The highest BCUT2D eigenvalue weighted by Gasteiger charge is 2.30. The van der Waals surface area contributed by atoms with Gasteiger partial charge in [-0.25, -0.2) is 0 Å². The second-order valence-electron chi connectivity index (χ2n) is 3.25. The largest absolute Gasteiger partial charge is 0.416 e. The maximum Gasteiger partial charge on any atom is 0.416 e. The zero-order chi connectivity index (χ0) is 10.9. The molecular formula is C12H8F3. The second-order valence-corrected chi connectivity index (χ2v) is 3.25. The van der Waals surface area contributed by atoms with Gasteiger partial charge < -0.3 is 0 Å². The van der Waals surface area contributed by atoms with Crippen molar-refractivity contribution in [1.29, 1.82) is 0 Å². The van der Waals surface area contributed by atoms with Gasteiger partial charge >= 0.3 is 6.18 Å². The Balaban J connectivity index is 2.16. The lowest BCUT2D eigenvalue weighted by Crippen LogP contribution is -2.05. The summed E-state index contributed by atoms with van der Waals surface area (Å²) in [6, 6.07) is 5.17. The Labute approximate surface area is 87.1 Å². The van der Waals surface area contributed by atoms with Crippen LogP contribution in [0.2, 0.25) is 0 Å². The van der Waals surface area contributed by atoms with Gasteiger partial charge in [0.15, 0.2) is 0 Å². The Kier molecular flexibility index (Phi) is 2.72. The predicted octanol–water partition coefficient (Wildman–Crippen LogP) is 3.46. The minimum absolute atomic E-state index is 0.613. The molecule has 5 radical (unpaired) electrons. The zero-order valence-electron chi connectivity index (χ0n) is 7.75. The molecule has 0 spiro atoms. The van der Waals surface area contributed by atoms with E-state index in [1.54, 1.807) is 0 Å². The summed E-state index contributed by atoms with van der Waals surface area (Å²) in [5.74, 6) is 0.934. The third-order valence-electron chi connectivity index (χ3n) is 2.21. The van der Waals surface area contributed by atoms with Gasteiger partial charge in [0.1, 0.15) is 0 Å². The maximum absolute atomic E-state index is 12.3. The molecule has 0 bridgehead atoms. The van der Waals surface area contributed by atoms with Gasteiger partial charge in [-0.2, -0.15) is 13.2 Å². The number of rotatable bonds is 1. The van der Waals surface area contributed by atoms with Gasteiger partial charge in [0.25, 0.3) is 0 Å². The van der Waals surface area contributed by atoms with Crippen LogP contribution in [0.1, 0.15) is 11.1 Å². The molecule has 1 fully saturated rings. The minimum atomic E-state index is -4.26. The van der Waals surface area contributed by atoms with E-state index in [0.717, 1.165) is 23.6 Å². The van der Waals surface area contributed by atoms with Crippen LogP contribution >= 0.6 is 0 Å².